The third-order valence-electron chi connectivity index (χ3n) is 2.99. The monoisotopic (exact) mass is 350 g/mol. The fourth-order valence-electron chi connectivity index (χ4n) is 1.70. The van der Waals surface area contributed by atoms with Gasteiger partial charge in [0, 0.05) is 0 Å². The van der Waals surface area contributed by atoms with Crippen LogP contribution in [-0.2, 0) is 25.5 Å². The summed E-state index contributed by atoms with van der Waals surface area (Å²) in [7, 11) is 0. The van der Waals surface area contributed by atoms with Gasteiger partial charge in [0.2, 0.25) is 0 Å². The minimum absolute atomic E-state index is 0.159. The molecule has 0 spiro atoms. The fourth-order valence-corrected chi connectivity index (χ4v) is 1.70. The predicted molar refractivity (Wildman–Crippen MR) is 76.9 cm³/mol. The maximum absolute atomic E-state index is 12.5. The number of carbonyl (C=O) groups is 2. The van der Waals surface area contributed by atoms with Crippen LogP contribution in [0.2, 0.25) is 0 Å². The minimum atomic E-state index is -4.40. The molecule has 0 atom stereocenters. The van der Waals surface area contributed by atoms with Gasteiger partial charge in [0.1, 0.15) is 0 Å². The zero-order valence-corrected chi connectivity index (χ0v) is 12.9. The number of benzene rings is 1. The maximum atomic E-state index is 12.5. The molecule has 0 saturated carbocycles. The lowest BCUT2D eigenvalue weighted by Gasteiger charge is -2.14. The Morgan fingerprint density at radius 3 is 2.17 bits per heavy atom. The first-order valence-electron chi connectivity index (χ1n) is 7.32. The molecule has 134 valence electrons. The highest BCUT2D eigenvalue weighted by Crippen LogP contribution is 2.23. The summed E-state index contributed by atoms with van der Waals surface area (Å²) in [5.41, 5.74) is 1.09. The SMILES string of the molecule is O=C(CCC(=O)OCC(F)(F)C(F)F)OCCCc1ccccc1. The summed E-state index contributed by atoms with van der Waals surface area (Å²) in [6.07, 6.45) is -3.46. The Morgan fingerprint density at radius 1 is 1.00 bits per heavy atom. The molecule has 0 saturated heterocycles. The van der Waals surface area contributed by atoms with E-state index in [1.807, 2.05) is 30.3 Å². The van der Waals surface area contributed by atoms with Gasteiger partial charge in [0.15, 0.2) is 6.61 Å². The van der Waals surface area contributed by atoms with Crippen molar-refractivity contribution in [3.05, 3.63) is 35.9 Å². The lowest BCUT2D eigenvalue weighted by Crippen LogP contribution is -2.33. The Morgan fingerprint density at radius 2 is 1.58 bits per heavy atom. The third-order valence-corrected chi connectivity index (χ3v) is 2.99. The normalized spacial score (nSPS) is 11.4. The topological polar surface area (TPSA) is 52.6 Å². The summed E-state index contributed by atoms with van der Waals surface area (Å²) in [4.78, 5) is 22.5. The molecular weight excluding hydrogens is 332 g/mol. The first-order valence-corrected chi connectivity index (χ1v) is 7.32. The van der Waals surface area contributed by atoms with E-state index in [1.165, 1.54) is 0 Å². The van der Waals surface area contributed by atoms with E-state index in [0.29, 0.717) is 6.42 Å². The van der Waals surface area contributed by atoms with E-state index in [4.69, 9.17) is 4.74 Å². The molecule has 0 radical (unpaired) electrons. The number of halogens is 4. The number of carbonyl (C=O) groups excluding carboxylic acids is 2. The van der Waals surface area contributed by atoms with Crippen LogP contribution in [0, 0.1) is 0 Å². The van der Waals surface area contributed by atoms with Crippen LogP contribution in [0.1, 0.15) is 24.8 Å². The van der Waals surface area contributed by atoms with Crippen LogP contribution in [0.4, 0.5) is 17.6 Å². The summed E-state index contributed by atoms with van der Waals surface area (Å²) >= 11 is 0. The van der Waals surface area contributed by atoms with Crippen molar-refractivity contribution in [2.75, 3.05) is 13.2 Å². The standard InChI is InChI=1S/C16H18F4O4/c17-15(18)16(19,20)11-24-14(22)9-8-13(21)23-10-4-7-12-5-2-1-3-6-12/h1-3,5-6,15H,4,7-11H2. The number of hydrogen-bond acceptors (Lipinski definition) is 4. The molecule has 24 heavy (non-hydrogen) atoms. The van der Waals surface area contributed by atoms with E-state index in [1.54, 1.807) is 0 Å². The molecule has 0 aromatic heterocycles. The molecule has 1 aromatic rings. The molecule has 4 nitrogen and oxygen atoms in total. The average molecular weight is 350 g/mol. The van der Waals surface area contributed by atoms with E-state index in [9.17, 15) is 27.2 Å². The zero-order chi connectivity index (χ0) is 18.0. The molecule has 0 amide bonds. The Hall–Kier alpha value is -2.12. The Bertz CT molecular complexity index is 520. The molecule has 1 rings (SSSR count). The van der Waals surface area contributed by atoms with Crippen LogP contribution in [-0.4, -0.2) is 37.5 Å². The Balaban J connectivity index is 2.11. The molecule has 0 bridgehead atoms. The van der Waals surface area contributed by atoms with E-state index in [0.717, 1.165) is 12.0 Å². The lowest BCUT2D eigenvalue weighted by atomic mass is 10.1. The van der Waals surface area contributed by atoms with Crippen molar-refractivity contribution in [2.45, 2.75) is 38.0 Å². The molecule has 8 heteroatoms. The van der Waals surface area contributed by atoms with Gasteiger partial charge in [-0.25, -0.2) is 8.78 Å². The van der Waals surface area contributed by atoms with Gasteiger partial charge >= 0.3 is 24.3 Å². The third kappa shape index (κ3) is 7.94. The van der Waals surface area contributed by atoms with Crippen LogP contribution in [0.5, 0.6) is 0 Å². The van der Waals surface area contributed by atoms with Gasteiger partial charge in [-0.2, -0.15) is 8.78 Å². The number of rotatable bonds is 10. The van der Waals surface area contributed by atoms with Gasteiger partial charge in [-0.05, 0) is 18.4 Å². The highest BCUT2D eigenvalue weighted by atomic mass is 19.3. The molecule has 0 aliphatic rings. The highest BCUT2D eigenvalue weighted by Gasteiger charge is 2.42. The van der Waals surface area contributed by atoms with E-state index < -0.39 is 37.3 Å². The zero-order valence-electron chi connectivity index (χ0n) is 12.9. The number of alkyl halides is 4. The number of hydrogen-bond donors (Lipinski definition) is 0. The van der Waals surface area contributed by atoms with Crippen LogP contribution in [0.15, 0.2) is 30.3 Å². The highest BCUT2D eigenvalue weighted by molar-refractivity contribution is 5.77. The molecule has 0 aliphatic heterocycles. The van der Waals surface area contributed by atoms with Crippen molar-refractivity contribution in [3.63, 3.8) is 0 Å². The number of ether oxygens (including phenoxy) is 2. The van der Waals surface area contributed by atoms with E-state index in [2.05, 4.69) is 4.74 Å². The van der Waals surface area contributed by atoms with Gasteiger partial charge in [0.05, 0.1) is 19.4 Å². The summed E-state index contributed by atoms with van der Waals surface area (Å²) in [6, 6.07) is 9.55. The van der Waals surface area contributed by atoms with Gasteiger partial charge < -0.3 is 9.47 Å². The minimum Gasteiger partial charge on any atom is -0.466 e. The van der Waals surface area contributed by atoms with Crippen molar-refractivity contribution in [3.8, 4) is 0 Å². The average Bonchev–Trinajstić information content (AvgIpc) is 2.56. The first-order chi connectivity index (χ1) is 11.3. The van der Waals surface area contributed by atoms with Crippen LogP contribution < -0.4 is 0 Å². The molecule has 0 aliphatic carbocycles. The van der Waals surface area contributed by atoms with Crippen molar-refractivity contribution in [1.82, 2.24) is 0 Å². The molecular formula is C16H18F4O4. The summed E-state index contributed by atoms with van der Waals surface area (Å²) in [5, 5.41) is 0. The molecule has 1 aromatic carbocycles. The Kier molecular flexibility index (Phi) is 8.21. The largest absolute Gasteiger partial charge is 0.466 e. The maximum Gasteiger partial charge on any atom is 0.340 e. The first kappa shape index (κ1) is 19.9. The lowest BCUT2D eigenvalue weighted by molar-refractivity contribution is -0.180. The molecule has 0 heterocycles. The summed E-state index contributed by atoms with van der Waals surface area (Å²) in [5.74, 6) is -6.23. The van der Waals surface area contributed by atoms with Gasteiger partial charge in [0.25, 0.3) is 0 Å². The summed E-state index contributed by atoms with van der Waals surface area (Å²) in [6.45, 7) is -1.55. The van der Waals surface area contributed by atoms with Crippen molar-refractivity contribution < 1.29 is 36.6 Å². The second-order valence-electron chi connectivity index (χ2n) is 5.03. The molecule has 0 fully saturated rings. The second kappa shape index (κ2) is 9.89. The number of aryl methyl sites for hydroxylation is 1. The van der Waals surface area contributed by atoms with Crippen LogP contribution >= 0.6 is 0 Å². The van der Waals surface area contributed by atoms with Crippen LogP contribution in [0.25, 0.3) is 0 Å². The van der Waals surface area contributed by atoms with Gasteiger partial charge in [-0.15, -0.1) is 0 Å². The molecule has 0 N–H and O–H groups in total. The van der Waals surface area contributed by atoms with Crippen LogP contribution in [0.3, 0.4) is 0 Å². The predicted octanol–water partition coefficient (Wildman–Crippen LogP) is 3.39. The molecule has 0 unspecified atom stereocenters. The fraction of sp³-hybridized carbons (Fsp3) is 0.500. The van der Waals surface area contributed by atoms with E-state index >= 15 is 0 Å². The summed E-state index contributed by atoms with van der Waals surface area (Å²) < 4.78 is 57.7. The quantitative estimate of drug-likeness (QED) is 0.369. The van der Waals surface area contributed by atoms with E-state index in [-0.39, 0.29) is 13.0 Å². The van der Waals surface area contributed by atoms with Gasteiger partial charge in [-0.3, -0.25) is 9.59 Å². The van der Waals surface area contributed by atoms with Gasteiger partial charge in [-0.1, -0.05) is 30.3 Å². The Labute approximate surface area is 136 Å². The second-order valence-corrected chi connectivity index (χ2v) is 5.03. The number of esters is 2. The van der Waals surface area contributed by atoms with Crippen molar-refractivity contribution in [1.29, 1.82) is 0 Å². The van der Waals surface area contributed by atoms with Crippen molar-refractivity contribution >= 4 is 11.9 Å². The smallest absolute Gasteiger partial charge is 0.340 e. The van der Waals surface area contributed by atoms with Crippen molar-refractivity contribution in [2.24, 2.45) is 0 Å².